The Labute approximate surface area is 91.3 Å². The molecule has 5 heteroatoms. The number of unbranched alkanes of at least 4 members (excludes halogenated alkanes) is 1. The summed E-state index contributed by atoms with van der Waals surface area (Å²) in [5, 5.41) is -0.484. The van der Waals surface area contributed by atoms with Gasteiger partial charge in [0.05, 0.1) is 5.56 Å². The van der Waals surface area contributed by atoms with Crippen LogP contribution in [0.5, 0.6) is 0 Å². The van der Waals surface area contributed by atoms with Crippen molar-refractivity contribution in [3.05, 3.63) is 28.5 Å². The van der Waals surface area contributed by atoms with Crippen LogP contribution in [0.1, 0.15) is 30.9 Å². The molecule has 0 aliphatic heterocycles. The van der Waals surface area contributed by atoms with Crippen LogP contribution in [-0.2, 0) is 12.6 Å². The predicted molar refractivity (Wildman–Crippen MR) is 52.9 cm³/mol. The molecule has 0 radical (unpaired) electrons. The van der Waals surface area contributed by atoms with E-state index in [2.05, 4.69) is 4.98 Å². The van der Waals surface area contributed by atoms with Crippen LogP contribution in [0.15, 0.2) is 12.3 Å². The van der Waals surface area contributed by atoms with E-state index in [1.807, 2.05) is 6.92 Å². The number of halogens is 4. The van der Waals surface area contributed by atoms with E-state index in [1.54, 1.807) is 0 Å². The average Bonchev–Trinajstić information content (AvgIpc) is 2.15. The van der Waals surface area contributed by atoms with Gasteiger partial charge in [-0.15, -0.1) is 0 Å². The highest BCUT2D eigenvalue weighted by Crippen LogP contribution is 2.34. The van der Waals surface area contributed by atoms with E-state index >= 15 is 0 Å². The van der Waals surface area contributed by atoms with Crippen LogP contribution in [-0.4, -0.2) is 4.98 Å². The standard InChI is InChI=1S/C10H11ClF3N/c1-2-3-4-7-5-8(10(12,13)14)9(11)15-6-7/h5-6H,2-4H2,1H3. The first kappa shape index (κ1) is 12.3. The molecule has 0 amide bonds. The first-order chi connectivity index (χ1) is 6.95. The Morgan fingerprint density at radius 1 is 1.40 bits per heavy atom. The number of rotatable bonds is 3. The van der Waals surface area contributed by atoms with Crippen LogP contribution >= 0.6 is 11.6 Å². The van der Waals surface area contributed by atoms with Crippen molar-refractivity contribution in [2.24, 2.45) is 0 Å². The molecule has 0 fully saturated rings. The Balaban J connectivity index is 2.95. The second-order valence-electron chi connectivity index (χ2n) is 3.28. The molecule has 0 atom stereocenters. The number of hydrogen-bond acceptors (Lipinski definition) is 1. The van der Waals surface area contributed by atoms with Gasteiger partial charge in [-0.2, -0.15) is 13.2 Å². The SMILES string of the molecule is CCCCc1cnc(Cl)c(C(F)(F)F)c1. The van der Waals surface area contributed by atoms with Crippen molar-refractivity contribution in [2.75, 3.05) is 0 Å². The highest BCUT2D eigenvalue weighted by molar-refractivity contribution is 6.30. The minimum absolute atomic E-state index is 0.484. The van der Waals surface area contributed by atoms with Crippen LogP contribution in [0.3, 0.4) is 0 Å². The van der Waals surface area contributed by atoms with Gasteiger partial charge in [-0.25, -0.2) is 4.98 Å². The Kier molecular flexibility index (Phi) is 3.97. The summed E-state index contributed by atoms with van der Waals surface area (Å²) < 4.78 is 37.3. The lowest BCUT2D eigenvalue weighted by molar-refractivity contribution is -0.137. The van der Waals surface area contributed by atoms with Gasteiger partial charge in [0.15, 0.2) is 0 Å². The van der Waals surface area contributed by atoms with Gasteiger partial charge < -0.3 is 0 Å². The van der Waals surface area contributed by atoms with Crippen LogP contribution in [0.25, 0.3) is 0 Å². The normalized spacial score (nSPS) is 11.8. The molecule has 1 heterocycles. The van der Waals surface area contributed by atoms with Crippen molar-refractivity contribution in [1.82, 2.24) is 4.98 Å². The molecule has 15 heavy (non-hydrogen) atoms. The Morgan fingerprint density at radius 3 is 2.60 bits per heavy atom. The summed E-state index contributed by atoms with van der Waals surface area (Å²) in [7, 11) is 0. The minimum Gasteiger partial charge on any atom is -0.244 e. The number of aryl methyl sites for hydroxylation is 1. The largest absolute Gasteiger partial charge is 0.419 e. The topological polar surface area (TPSA) is 12.9 Å². The van der Waals surface area contributed by atoms with Crippen molar-refractivity contribution in [1.29, 1.82) is 0 Å². The molecule has 1 rings (SSSR count). The summed E-state index contributed by atoms with van der Waals surface area (Å²) in [6.07, 6.45) is -0.645. The number of nitrogens with zero attached hydrogens (tertiary/aromatic N) is 1. The maximum absolute atomic E-state index is 12.4. The molecule has 1 aromatic rings. The second-order valence-corrected chi connectivity index (χ2v) is 3.64. The van der Waals surface area contributed by atoms with Gasteiger partial charge in [0.2, 0.25) is 0 Å². The third-order valence-corrected chi connectivity index (χ3v) is 2.32. The van der Waals surface area contributed by atoms with E-state index in [0.717, 1.165) is 18.9 Å². The van der Waals surface area contributed by atoms with Gasteiger partial charge in [-0.1, -0.05) is 24.9 Å². The molecule has 1 nitrogen and oxygen atoms in total. The summed E-state index contributed by atoms with van der Waals surface area (Å²) in [6.45, 7) is 1.98. The third kappa shape index (κ3) is 3.38. The number of alkyl halides is 3. The van der Waals surface area contributed by atoms with Gasteiger partial charge in [0, 0.05) is 6.20 Å². The maximum Gasteiger partial charge on any atom is 0.419 e. The lowest BCUT2D eigenvalue weighted by Crippen LogP contribution is -2.07. The highest BCUT2D eigenvalue weighted by Gasteiger charge is 2.34. The Bertz CT molecular complexity index is 336. The number of pyridine rings is 1. The predicted octanol–water partition coefficient (Wildman–Crippen LogP) is 4.10. The number of hydrogen-bond donors (Lipinski definition) is 0. The molecule has 0 aliphatic rings. The number of aromatic nitrogens is 1. The fraction of sp³-hybridized carbons (Fsp3) is 0.500. The molecule has 0 spiro atoms. The fourth-order valence-corrected chi connectivity index (χ4v) is 1.42. The van der Waals surface area contributed by atoms with Crippen molar-refractivity contribution < 1.29 is 13.2 Å². The molecule has 0 saturated heterocycles. The van der Waals surface area contributed by atoms with Crippen LogP contribution in [0, 0.1) is 0 Å². The lowest BCUT2D eigenvalue weighted by atomic mass is 10.1. The van der Waals surface area contributed by atoms with Gasteiger partial charge in [0.1, 0.15) is 5.15 Å². The monoisotopic (exact) mass is 237 g/mol. The van der Waals surface area contributed by atoms with Crippen LogP contribution in [0.4, 0.5) is 13.2 Å². The molecule has 0 aliphatic carbocycles. The summed E-state index contributed by atoms with van der Waals surface area (Å²) in [6, 6.07) is 1.07. The maximum atomic E-state index is 12.4. The molecule has 0 saturated carbocycles. The fourth-order valence-electron chi connectivity index (χ4n) is 1.21. The van der Waals surface area contributed by atoms with Crippen LogP contribution < -0.4 is 0 Å². The van der Waals surface area contributed by atoms with E-state index in [4.69, 9.17) is 11.6 Å². The molecule has 84 valence electrons. The second kappa shape index (κ2) is 4.84. The molecule has 0 unspecified atom stereocenters. The zero-order chi connectivity index (χ0) is 11.5. The molecule has 0 N–H and O–H groups in total. The van der Waals surface area contributed by atoms with E-state index in [-0.39, 0.29) is 0 Å². The van der Waals surface area contributed by atoms with E-state index in [9.17, 15) is 13.2 Å². The molecule has 1 aromatic heterocycles. The lowest BCUT2D eigenvalue weighted by Gasteiger charge is -2.09. The highest BCUT2D eigenvalue weighted by atomic mass is 35.5. The van der Waals surface area contributed by atoms with Crippen molar-refractivity contribution in [3.63, 3.8) is 0 Å². The van der Waals surface area contributed by atoms with E-state index < -0.39 is 16.9 Å². The minimum atomic E-state index is -4.42. The smallest absolute Gasteiger partial charge is 0.244 e. The van der Waals surface area contributed by atoms with E-state index in [0.29, 0.717) is 12.0 Å². The van der Waals surface area contributed by atoms with Crippen molar-refractivity contribution in [3.8, 4) is 0 Å². The molecular weight excluding hydrogens is 227 g/mol. The first-order valence-electron chi connectivity index (χ1n) is 4.66. The molecule has 0 aromatic carbocycles. The third-order valence-electron chi connectivity index (χ3n) is 2.02. The molecule has 0 bridgehead atoms. The summed E-state index contributed by atoms with van der Waals surface area (Å²) in [5.74, 6) is 0. The van der Waals surface area contributed by atoms with Gasteiger partial charge in [-0.3, -0.25) is 0 Å². The van der Waals surface area contributed by atoms with Crippen molar-refractivity contribution in [2.45, 2.75) is 32.4 Å². The van der Waals surface area contributed by atoms with Gasteiger partial charge in [-0.05, 0) is 24.5 Å². The Hall–Kier alpha value is -0.770. The first-order valence-corrected chi connectivity index (χ1v) is 5.04. The van der Waals surface area contributed by atoms with E-state index in [1.165, 1.54) is 6.20 Å². The Morgan fingerprint density at radius 2 is 2.07 bits per heavy atom. The van der Waals surface area contributed by atoms with Crippen LogP contribution in [0.2, 0.25) is 5.15 Å². The van der Waals surface area contributed by atoms with Gasteiger partial charge in [0.25, 0.3) is 0 Å². The van der Waals surface area contributed by atoms with Crippen molar-refractivity contribution >= 4 is 11.6 Å². The van der Waals surface area contributed by atoms with Gasteiger partial charge >= 0.3 is 6.18 Å². The summed E-state index contributed by atoms with van der Waals surface area (Å²) >= 11 is 5.38. The average molecular weight is 238 g/mol. The molecular formula is C10H11ClF3N. The quantitative estimate of drug-likeness (QED) is 0.722. The summed E-state index contributed by atoms with van der Waals surface area (Å²) in [4.78, 5) is 3.54. The zero-order valence-corrected chi connectivity index (χ0v) is 8.99. The zero-order valence-electron chi connectivity index (χ0n) is 8.24. The summed E-state index contributed by atoms with van der Waals surface area (Å²) in [5.41, 5.74) is -0.272.